The number of anilines is 1. The molecular weight excluding hydrogens is 436 g/mol. The average molecular weight is 456 g/mol. The van der Waals surface area contributed by atoms with Gasteiger partial charge in [0.05, 0.1) is 30.1 Å². The minimum Gasteiger partial charge on any atom is -0.496 e. The van der Waals surface area contributed by atoms with E-state index in [2.05, 4.69) is 10.7 Å². The second-order valence-electron chi connectivity index (χ2n) is 7.01. The van der Waals surface area contributed by atoms with Crippen molar-refractivity contribution in [3.05, 3.63) is 64.2 Å². The van der Waals surface area contributed by atoms with E-state index in [0.717, 1.165) is 11.1 Å². The molecule has 3 amide bonds. The van der Waals surface area contributed by atoms with Crippen LogP contribution in [0, 0.1) is 16.0 Å². The van der Waals surface area contributed by atoms with E-state index in [0.29, 0.717) is 5.75 Å². The lowest BCUT2D eigenvalue weighted by atomic mass is 10.1. The fraction of sp³-hybridized carbons (Fsp3) is 0.238. The summed E-state index contributed by atoms with van der Waals surface area (Å²) in [6.45, 7) is -0.759. The lowest BCUT2D eigenvalue weighted by Crippen LogP contribution is -2.43. The van der Waals surface area contributed by atoms with Gasteiger partial charge in [0.1, 0.15) is 5.75 Å². The van der Waals surface area contributed by atoms with Gasteiger partial charge in [0, 0.05) is 24.2 Å². The van der Waals surface area contributed by atoms with Crippen LogP contribution in [-0.4, -0.2) is 53.9 Å². The summed E-state index contributed by atoms with van der Waals surface area (Å²) in [4.78, 5) is 59.2. The van der Waals surface area contributed by atoms with Gasteiger partial charge in [0.2, 0.25) is 5.91 Å². The third kappa shape index (κ3) is 5.81. The Kier molecular flexibility index (Phi) is 7.18. The summed E-state index contributed by atoms with van der Waals surface area (Å²) in [7, 11) is 1.41. The van der Waals surface area contributed by atoms with E-state index >= 15 is 0 Å². The van der Waals surface area contributed by atoms with E-state index in [9.17, 15) is 29.3 Å². The zero-order chi connectivity index (χ0) is 24.0. The van der Waals surface area contributed by atoms with E-state index in [1.54, 1.807) is 18.2 Å². The summed E-state index contributed by atoms with van der Waals surface area (Å²) in [6.07, 6.45) is -0.197. The van der Waals surface area contributed by atoms with Crippen LogP contribution in [0.2, 0.25) is 0 Å². The lowest BCUT2D eigenvalue weighted by molar-refractivity contribution is -0.384. The molecule has 0 aromatic heterocycles. The topological polar surface area (TPSA) is 157 Å². The van der Waals surface area contributed by atoms with Gasteiger partial charge in [-0.25, -0.2) is 0 Å². The molecule has 0 saturated carbocycles. The van der Waals surface area contributed by atoms with E-state index in [-0.39, 0.29) is 29.9 Å². The number of esters is 1. The number of methoxy groups -OCH3 is 1. The number of nitrogens with zero attached hydrogens (tertiary/aromatic N) is 2. The smallest absolute Gasteiger partial charge is 0.311 e. The SMILES string of the molecule is COc1ccccc1C(=O)NN1C[C@H](C(=O)OCC(=O)Nc2cccc([N+](=O)[O-])c2)CC1=O. The molecule has 1 fully saturated rings. The standard InChI is InChI=1S/C21H20N4O8/c1-32-17-8-3-2-7-16(17)20(28)23-24-11-13(9-19(24)27)21(29)33-12-18(26)22-14-5-4-6-15(10-14)25(30)31/h2-8,10,13H,9,11-12H2,1H3,(H,22,26)(H,23,28)/t13-/m1/s1. The Morgan fingerprint density at radius 1 is 1.18 bits per heavy atom. The molecule has 12 nitrogen and oxygen atoms in total. The number of nitro groups is 1. The molecule has 1 atom stereocenters. The fourth-order valence-corrected chi connectivity index (χ4v) is 3.14. The van der Waals surface area contributed by atoms with Crippen molar-refractivity contribution in [2.24, 2.45) is 5.92 Å². The summed E-state index contributed by atoms with van der Waals surface area (Å²) < 4.78 is 10.1. The molecule has 2 aromatic carbocycles. The maximum absolute atomic E-state index is 12.5. The molecule has 0 unspecified atom stereocenters. The van der Waals surface area contributed by atoms with Crippen molar-refractivity contribution in [2.45, 2.75) is 6.42 Å². The highest BCUT2D eigenvalue weighted by Crippen LogP contribution is 2.21. The molecule has 0 aliphatic carbocycles. The number of carbonyl (C=O) groups is 4. The Balaban J connectivity index is 1.50. The van der Waals surface area contributed by atoms with Gasteiger partial charge in [-0.2, -0.15) is 0 Å². The van der Waals surface area contributed by atoms with Crippen LogP contribution in [0.15, 0.2) is 48.5 Å². The Morgan fingerprint density at radius 2 is 1.94 bits per heavy atom. The van der Waals surface area contributed by atoms with Crippen LogP contribution in [0.1, 0.15) is 16.8 Å². The van der Waals surface area contributed by atoms with Crippen molar-refractivity contribution in [3.63, 3.8) is 0 Å². The van der Waals surface area contributed by atoms with Crippen LogP contribution in [0.25, 0.3) is 0 Å². The highest BCUT2D eigenvalue weighted by atomic mass is 16.6. The van der Waals surface area contributed by atoms with Gasteiger partial charge in [-0.05, 0) is 18.2 Å². The summed E-state index contributed by atoms with van der Waals surface area (Å²) in [5, 5.41) is 14.2. The molecule has 2 aromatic rings. The van der Waals surface area contributed by atoms with Gasteiger partial charge >= 0.3 is 5.97 Å². The van der Waals surface area contributed by atoms with E-state index < -0.39 is 41.1 Å². The molecule has 0 bridgehead atoms. The summed E-state index contributed by atoms with van der Waals surface area (Å²) in [5.41, 5.74) is 2.63. The van der Waals surface area contributed by atoms with Crippen LogP contribution in [0.5, 0.6) is 5.75 Å². The number of hydrogen-bond donors (Lipinski definition) is 2. The van der Waals surface area contributed by atoms with E-state index in [1.807, 2.05) is 0 Å². The van der Waals surface area contributed by atoms with Crippen molar-refractivity contribution >= 4 is 35.1 Å². The average Bonchev–Trinajstić information content (AvgIpc) is 3.17. The highest BCUT2D eigenvalue weighted by molar-refractivity contribution is 5.99. The first kappa shape index (κ1) is 23.2. The van der Waals surface area contributed by atoms with Gasteiger partial charge in [-0.3, -0.25) is 39.7 Å². The Labute approximate surface area is 187 Å². The molecule has 2 N–H and O–H groups in total. The molecular formula is C21H20N4O8. The fourth-order valence-electron chi connectivity index (χ4n) is 3.14. The number of para-hydroxylation sites is 1. The minimum absolute atomic E-state index is 0.120. The van der Waals surface area contributed by atoms with Crippen molar-refractivity contribution < 1.29 is 33.6 Å². The van der Waals surface area contributed by atoms with Crippen molar-refractivity contribution in [3.8, 4) is 5.75 Å². The van der Waals surface area contributed by atoms with Gasteiger partial charge in [-0.1, -0.05) is 18.2 Å². The number of rotatable bonds is 8. The molecule has 12 heteroatoms. The van der Waals surface area contributed by atoms with Crippen molar-refractivity contribution in [1.29, 1.82) is 0 Å². The van der Waals surface area contributed by atoms with Gasteiger partial charge < -0.3 is 14.8 Å². The molecule has 0 radical (unpaired) electrons. The first-order valence-corrected chi connectivity index (χ1v) is 9.73. The minimum atomic E-state index is -0.874. The van der Waals surface area contributed by atoms with Crippen LogP contribution < -0.4 is 15.5 Å². The molecule has 1 aliphatic heterocycles. The second-order valence-corrected chi connectivity index (χ2v) is 7.01. The Hall–Kier alpha value is -4.48. The quantitative estimate of drug-likeness (QED) is 0.342. The predicted molar refractivity (Wildman–Crippen MR) is 113 cm³/mol. The molecule has 1 heterocycles. The maximum atomic E-state index is 12.5. The largest absolute Gasteiger partial charge is 0.496 e. The Morgan fingerprint density at radius 3 is 2.67 bits per heavy atom. The molecule has 1 aliphatic rings. The summed E-state index contributed by atoms with van der Waals surface area (Å²) in [6, 6.07) is 11.7. The number of nitrogens with one attached hydrogen (secondary N) is 2. The number of nitro benzene ring substituents is 1. The Bertz CT molecular complexity index is 1100. The van der Waals surface area contributed by atoms with Crippen LogP contribution in [0.4, 0.5) is 11.4 Å². The molecule has 0 spiro atoms. The number of carbonyl (C=O) groups excluding carboxylic acids is 4. The summed E-state index contributed by atoms with van der Waals surface area (Å²) >= 11 is 0. The third-order valence-corrected chi connectivity index (χ3v) is 4.73. The van der Waals surface area contributed by atoms with Crippen molar-refractivity contribution in [1.82, 2.24) is 10.4 Å². The van der Waals surface area contributed by atoms with Gasteiger partial charge in [0.25, 0.3) is 17.5 Å². The molecule has 172 valence electrons. The number of hydrazine groups is 1. The third-order valence-electron chi connectivity index (χ3n) is 4.73. The van der Waals surface area contributed by atoms with Gasteiger partial charge in [-0.15, -0.1) is 0 Å². The first-order chi connectivity index (χ1) is 15.8. The second kappa shape index (κ2) is 10.2. The zero-order valence-electron chi connectivity index (χ0n) is 17.5. The van der Waals surface area contributed by atoms with Crippen LogP contribution >= 0.6 is 0 Å². The normalized spacial score (nSPS) is 15.0. The maximum Gasteiger partial charge on any atom is 0.311 e. The molecule has 33 heavy (non-hydrogen) atoms. The number of ether oxygens (including phenoxy) is 2. The lowest BCUT2D eigenvalue weighted by Gasteiger charge is -2.18. The first-order valence-electron chi connectivity index (χ1n) is 9.73. The van der Waals surface area contributed by atoms with Crippen molar-refractivity contribution in [2.75, 3.05) is 25.6 Å². The molecule has 3 rings (SSSR count). The van der Waals surface area contributed by atoms with Crippen LogP contribution in [-0.2, 0) is 19.1 Å². The monoisotopic (exact) mass is 456 g/mol. The van der Waals surface area contributed by atoms with Gasteiger partial charge in [0.15, 0.2) is 6.61 Å². The predicted octanol–water partition coefficient (Wildman–Crippen LogP) is 1.28. The van der Waals surface area contributed by atoms with E-state index in [4.69, 9.17) is 9.47 Å². The number of hydrogen-bond acceptors (Lipinski definition) is 8. The zero-order valence-corrected chi connectivity index (χ0v) is 17.5. The number of amides is 3. The number of benzene rings is 2. The van der Waals surface area contributed by atoms with E-state index in [1.165, 1.54) is 31.4 Å². The highest BCUT2D eigenvalue weighted by Gasteiger charge is 2.37. The number of non-ortho nitro benzene ring substituents is 1. The molecule has 1 saturated heterocycles. The summed E-state index contributed by atoms with van der Waals surface area (Å²) in [5.74, 6) is -3.10. The van der Waals surface area contributed by atoms with Crippen LogP contribution in [0.3, 0.4) is 0 Å².